The Morgan fingerprint density at radius 3 is 2.23 bits per heavy atom. The van der Waals surface area contributed by atoms with Gasteiger partial charge in [-0.05, 0) is 37.0 Å². The molecule has 2 aromatic carbocycles. The molecule has 2 nitrogen and oxygen atoms in total. The lowest BCUT2D eigenvalue weighted by atomic mass is 10.1. The Labute approximate surface area is 158 Å². The van der Waals surface area contributed by atoms with Crippen LogP contribution in [0.15, 0.2) is 83.9 Å². The van der Waals surface area contributed by atoms with Gasteiger partial charge in [-0.2, -0.15) is 0 Å². The number of unbranched alkanes of at least 4 members (excludes halogenated alkanes) is 1. The van der Waals surface area contributed by atoms with Gasteiger partial charge in [-0.15, -0.1) is 0 Å². The van der Waals surface area contributed by atoms with Crippen molar-refractivity contribution in [1.29, 1.82) is 0 Å². The van der Waals surface area contributed by atoms with E-state index in [0.717, 1.165) is 43.0 Å². The summed E-state index contributed by atoms with van der Waals surface area (Å²) >= 11 is 0. The number of aliphatic imine (C=N–C) groups is 1. The van der Waals surface area contributed by atoms with Gasteiger partial charge >= 0.3 is 0 Å². The standard InChI is InChI=1S/C24H30N2/c1-5-7-18-25-24(20(3)6-2)26(19-22-14-10-8-11-15-22)21(4)23-16-12-9-13-17-23/h6,8-17H,4-5,7,18-19H2,1-3H3/b20-6-,25-24+. The molecule has 0 heterocycles. The van der Waals surface area contributed by atoms with Crippen molar-refractivity contribution in [2.24, 2.45) is 4.99 Å². The smallest absolute Gasteiger partial charge is 0.130 e. The number of hydrogen-bond acceptors (Lipinski definition) is 1. The van der Waals surface area contributed by atoms with Gasteiger partial charge < -0.3 is 4.90 Å². The van der Waals surface area contributed by atoms with Gasteiger partial charge in [0.15, 0.2) is 0 Å². The average Bonchev–Trinajstić information content (AvgIpc) is 2.70. The highest BCUT2D eigenvalue weighted by Crippen LogP contribution is 2.23. The van der Waals surface area contributed by atoms with E-state index in [1.807, 2.05) is 12.1 Å². The van der Waals surface area contributed by atoms with Crippen LogP contribution in [0, 0.1) is 0 Å². The highest BCUT2D eigenvalue weighted by atomic mass is 15.2. The Bertz CT molecular complexity index is 742. The molecule has 2 aromatic rings. The van der Waals surface area contributed by atoms with Gasteiger partial charge in [-0.25, -0.2) is 0 Å². The number of hydrogen-bond donors (Lipinski definition) is 0. The maximum atomic E-state index is 4.94. The topological polar surface area (TPSA) is 15.6 Å². The van der Waals surface area contributed by atoms with Gasteiger partial charge in [0.2, 0.25) is 0 Å². The molecule has 0 aromatic heterocycles. The number of amidine groups is 1. The van der Waals surface area contributed by atoms with Crippen LogP contribution in [0.2, 0.25) is 0 Å². The summed E-state index contributed by atoms with van der Waals surface area (Å²) in [5.41, 5.74) is 4.52. The van der Waals surface area contributed by atoms with Crippen LogP contribution in [0.1, 0.15) is 44.7 Å². The summed E-state index contributed by atoms with van der Waals surface area (Å²) in [5.74, 6) is 1.01. The molecular weight excluding hydrogens is 316 g/mol. The van der Waals surface area contributed by atoms with Crippen molar-refractivity contribution in [3.63, 3.8) is 0 Å². The van der Waals surface area contributed by atoms with Crippen LogP contribution in [0.3, 0.4) is 0 Å². The lowest BCUT2D eigenvalue weighted by molar-refractivity contribution is 0.573. The van der Waals surface area contributed by atoms with E-state index in [9.17, 15) is 0 Å². The zero-order chi connectivity index (χ0) is 18.8. The monoisotopic (exact) mass is 346 g/mol. The number of nitrogens with zero attached hydrogens (tertiary/aromatic N) is 2. The molecule has 0 atom stereocenters. The lowest BCUT2D eigenvalue weighted by Gasteiger charge is -2.29. The van der Waals surface area contributed by atoms with Gasteiger partial charge in [0, 0.05) is 18.8 Å². The van der Waals surface area contributed by atoms with E-state index < -0.39 is 0 Å². The second-order valence-corrected chi connectivity index (χ2v) is 6.42. The average molecular weight is 347 g/mol. The van der Waals surface area contributed by atoms with E-state index in [4.69, 9.17) is 4.99 Å². The summed E-state index contributed by atoms with van der Waals surface area (Å²) in [6.07, 6.45) is 4.36. The molecule has 0 aliphatic heterocycles. The van der Waals surface area contributed by atoms with E-state index in [-0.39, 0.29) is 0 Å². The van der Waals surface area contributed by atoms with Crippen molar-refractivity contribution in [1.82, 2.24) is 4.90 Å². The molecule has 0 amide bonds. The van der Waals surface area contributed by atoms with Crippen LogP contribution in [-0.2, 0) is 6.54 Å². The minimum absolute atomic E-state index is 0.755. The van der Waals surface area contributed by atoms with E-state index in [1.54, 1.807) is 0 Å². The lowest BCUT2D eigenvalue weighted by Crippen LogP contribution is -2.30. The number of rotatable bonds is 8. The third-order valence-electron chi connectivity index (χ3n) is 4.43. The first-order chi connectivity index (χ1) is 12.7. The predicted octanol–water partition coefficient (Wildman–Crippen LogP) is 6.32. The summed E-state index contributed by atoms with van der Waals surface area (Å²) in [6, 6.07) is 20.9. The first-order valence-electron chi connectivity index (χ1n) is 9.40. The summed E-state index contributed by atoms with van der Waals surface area (Å²) in [5, 5.41) is 0. The Morgan fingerprint density at radius 1 is 1.04 bits per heavy atom. The Morgan fingerprint density at radius 2 is 1.65 bits per heavy atom. The summed E-state index contributed by atoms with van der Waals surface area (Å²) in [7, 11) is 0. The molecule has 0 aliphatic carbocycles. The van der Waals surface area contributed by atoms with E-state index in [1.165, 1.54) is 11.1 Å². The summed E-state index contributed by atoms with van der Waals surface area (Å²) in [4.78, 5) is 7.19. The normalized spacial score (nSPS) is 12.1. The van der Waals surface area contributed by atoms with Gasteiger partial charge in [0.05, 0.1) is 0 Å². The molecule has 2 rings (SSSR count). The molecule has 0 aliphatic rings. The highest BCUT2D eigenvalue weighted by Gasteiger charge is 2.18. The molecule has 0 bridgehead atoms. The predicted molar refractivity (Wildman–Crippen MR) is 114 cm³/mol. The number of benzene rings is 2. The molecule has 26 heavy (non-hydrogen) atoms. The molecule has 0 N–H and O–H groups in total. The van der Waals surface area contributed by atoms with E-state index >= 15 is 0 Å². The molecule has 0 unspecified atom stereocenters. The van der Waals surface area contributed by atoms with Gasteiger partial charge in [-0.3, -0.25) is 4.99 Å². The van der Waals surface area contributed by atoms with E-state index in [2.05, 4.69) is 86.9 Å². The fourth-order valence-electron chi connectivity index (χ4n) is 2.75. The second kappa shape index (κ2) is 10.4. The van der Waals surface area contributed by atoms with Crippen LogP contribution in [0.25, 0.3) is 5.70 Å². The Balaban J connectivity index is 2.42. The van der Waals surface area contributed by atoms with Crippen molar-refractivity contribution in [3.05, 3.63) is 90.0 Å². The summed E-state index contributed by atoms with van der Waals surface area (Å²) in [6.45, 7) is 12.4. The molecule has 136 valence electrons. The van der Waals surface area contributed by atoms with Crippen molar-refractivity contribution < 1.29 is 0 Å². The third-order valence-corrected chi connectivity index (χ3v) is 4.43. The largest absolute Gasteiger partial charge is 0.322 e. The van der Waals surface area contributed by atoms with Crippen molar-refractivity contribution in [2.75, 3.05) is 6.54 Å². The molecular formula is C24H30N2. The number of allylic oxidation sites excluding steroid dienone is 1. The minimum Gasteiger partial charge on any atom is -0.322 e. The zero-order valence-corrected chi connectivity index (χ0v) is 16.3. The second-order valence-electron chi connectivity index (χ2n) is 6.42. The minimum atomic E-state index is 0.755. The maximum absolute atomic E-state index is 4.94. The molecule has 0 radical (unpaired) electrons. The first-order valence-corrected chi connectivity index (χ1v) is 9.40. The first kappa shape index (κ1) is 19.7. The van der Waals surface area contributed by atoms with Crippen LogP contribution in [0.5, 0.6) is 0 Å². The van der Waals surface area contributed by atoms with Crippen molar-refractivity contribution in [3.8, 4) is 0 Å². The summed E-state index contributed by atoms with van der Waals surface area (Å²) < 4.78 is 0. The van der Waals surface area contributed by atoms with E-state index in [0.29, 0.717) is 0 Å². The SMILES string of the molecule is C=C(c1ccccc1)N(Cc1ccccc1)C(=N/CCCC)/C(C)=C\C. The molecule has 0 saturated carbocycles. The van der Waals surface area contributed by atoms with Gasteiger partial charge in [-0.1, -0.05) is 86.7 Å². The molecule has 0 saturated heterocycles. The Hall–Kier alpha value is -2.61. The van der Waals surface area contributed by atoms with Crippen LogP contribution < -0.4 is 0 Å². The molecule has 0 fully saturated rings. The van der Waals surface area contributed by atoms with Crippen molar-refractivity contribution in [2.45, 2.75) is 40.2 Å². The third kappa shape index (κ3) is 5.45. The van der Waals surface area contributed by atoms with Crippen molar-refractivity contribution >= 4 is 11.5 Å². The van der Waals surface area contributed by atoms with Gasteiger partial charge in [0.25, 0.3) is 0 Å². The maximum Gasteiger partial charge on any atom is 0.130 e. The highest BCUT2D eigenvalue weighted by molar-refractivity contribution is 6.02. The Kier molecular flexibility index (Phi) is 7.88. The quantitative estimate of drug-likeness (QED) is 0.310. The van der Waals surface area contributed by atoms with Crippen LogP contribution in [-0.4, -0.2) is 17.3 Å². The van der Waals surface area contributed by atoms with Crippen LogP contribution in [0.4, 0.5) is 0 Å². The zero-order valence-electron chi connectivity index (χ0n) is 16.3. The molecule has 2 heteroatoms. The van der Waals surface area contributed by atoms with Crippen LogP contribution >= 0.6 is 0 Å². The molecule has 0 spiro atoms. The fourth-order valence-corrected chi connectivity index (χ4v) is 2.75. The van der Waals surface area contributed by atoms with Gasteiger partial charge in [0.1, 0.15) is 5.84 Å². The fraction of sp³-hybridized carbons (Fsp3) is 0.292.